The molecule has 1 aromatic rings. The number of nitrogens with one attached hydrogen (secondary N) is 1. The molecule has 1 aromatic heterocycles. The minimum Gasteiger partial charge on any atom is -0.289 e. The smallest absolute Gasteiger partial charge is 0.284 e. The summed E-state index contributed by atoms with van der Waals surface area (Å²) in [4.78, 5) is 15.0. The summed E-state index contributed by atoms with van der Waals surface area (Å²) in [5.41, 5.74) is 2.43. The first-order chi connectivity index (χ1) is 5.77. The number of carbonyl (C=O) groups excluding carboxylic acids is 1. The van der Waals surface area contributed by atoms with Crippen molar-refractivity contribution in [2.75, 3.05) is 6.26 Å². The lowest BCUT2D eigenvalue weighted by atomic mass is 10.5. The van der Waals surface area contributed by atoms with Gasteiger partial charge >= 0.3 is 0 Å². The summed E-state index contributed by atoms with van der Waals surface area (Å²) < 4.78 is 0. The van der Waals surface area contributed by atoms with E-state index >= 15 is 0 Å². The van der Waals surface area contributed by atoms with E-state index in [9.17, 15) is 4.79 Å². The monoisotopic (exact) mass is 203 g/mol. The van der Waals surface area contributed by atoms with Crippen molar-refractivity contribution < 1.29 is 4.79 Å². The fourth-order valence-corrected chi connectivity index (χ4v) is 2.17. The Kier molecular flexibility index (Phi) is 3.51. The largest absolute Gasteiger partial charge is 0.289 e. The number of hydrazine groups is 1. The highest BCUT2D eigenvalue weighted by molar-refractivity contribution is 7.97. The normalized spacial score (nSPS) is 9.83. The molecule has 0 bridgehead atoms. The fraction of sp³-hybridized carbons (Fsp3) is 0.333. The number of amides is 1. The van der Waals surface area contributed by atoms with Crippen molar-refractivity contribution in [3.8, 4) is 0 Å². The average Bonchev–Trinajstić information content (AvgIpc) is 2.52. The molecule has 0 saturated carbocycles. The lowest BCUT2D eigenvalue weighted by Crippen LogP contribution is -2.30. The first-order valence-corrected chi connectivity index (χ1v) is 5.49. The van der Waals surface area contributed by atoms with Crippen molar-refractivity contribution in [3.63, 3.8) is 0 Å². The summed E-state index contributed by atoms with van der Waals surface area (Å²) in [6.45, 7) is 0. The second-order valence-corrected chi connectivity index (χ2v) is 3.84. The van der Waals surface area contributed by atoms with Gasteiger partial charge in [-0.05, 0) is 6.26 Å². The zero-order chi connectivity index (χ0) is 8.97. The SMILES string of the molecule is CSCc1nc(C(=O)NN)cs1. The Labute approximate surface area is 78.5 Å². The number of carbonyl (C=O) groups is 1. The molecule has 0 atom stereocenters. The number of thiazole rings is 1. The zero-order valence-corrected chi connectivity index (χ0v) is 8.17. The van der Waals surface area contributed by atoms with E-state index in [4.69, 9.17) is 5.84 Å². The van der Waals surface area contributed by atoms with Gasteiger partial charge in [0.25, 0.3) is 5.91 Å². The number of rotatable bonds is 3. The highest BCUT2D eigenvalue weighted by Gasteiger charge is 2.07. The van der Waals surface area contributed by atoms with Gasteiger partial charge in [0.05, 0.1) is 0 Å². The third kappa shape index (κ3) is 2.20. The Morgan fingerprint density at radius 2 is 2.67 bits per heavy atom. The maximum absolute atomic E-state index is 10.9. The van der Waals surface area contributed by atoms with Crippen molar-refractivity contribution in [2.45, 2.75) is 5.75 Å². The Bertz CT molecular complexity index is 274. The molecule has 0 aliphatic heterocycles. The van der Waals surface area contributed by atoms with E-state index in [0.717, 1.165) is 10.8 Å². The average molecular weight is 203 g/mol. The third-order valence-electron chi connectivity index (χ3n) is 1.18. The number of nitrogens with zero attached hydrogens (tertiary/aromatic N) is 1. The van der Waals surface area contributed by atoms with Crippen LogP contribution in [0.1, 0.15) is 15.5 Å². The number of aromatic nitrogens is 1. The Morgan fingerprint density at radius 3 is 3.25 bits per heavy atom. The van der Waals surface area contributed by atoms with E-state index in [0.29, 0.717) is 5.69 Å². The van der Waals surface area contributed by atoms with E-state index in [1.54, 1.807) is 17.1 Å². The van der Waals surface area contributed by atoms with Gasteiger partial charge in [0.15, 0.2) is 0 Å². The third-order valence-corrected chi connectivity index (χ3v) is 2.78. The zero-order valence-electron chi connectivity index (χ0n) is 6.53. The number of nitrogens with two attached hydrogens (primary N) is 1. The van der Waals surface area contributed by atoms with Gasteiger partial charge in [-0.2, -0.15) is 11.8 Å². The molecule has 0 saturated heterocycles. The molecule has 66 valence electrons. The predicted octanol–water partition coefficient (Wildman–Crippen LogP) is 0.610. The molecule has 0 aliphatic rings. The maximum atomic E-state index is 10.9. The molecule has 1 amide bonds. The van der Waals surface area contributed by atoms with Crippen molar-refractivity contribution in [1.29, 1.82) is 0 Å². The van der Waals surface area contributed by atoms with Crippen LogP contribution in [0.15, 0.2) is 5.38 Å². The standard InChI is InChI=1S/C6H9N3OS2/c1-11-3-5-8-4(2-12-5)6(10)9-7/h2H,3,7H2,1H3,(H,9,10). The second-order valence-electron chi connectivity index (χ2n) is 2.03. The van der Waals surface area contributed by atoms with Crippen molar-refractivity contribution in [3.05, 3.63) is 16.1 Å². The molecular weight excluding hydrogens is 194 g/mol. The Morgan fingerprint density at radius 1 is 1.92 bits per heavy atom. The van der Waals surface area contributed by atoms with Crippen LogP contribution in [0.4, 0.5) is 0 Å². The summed E-state index contributed by atoms with van der Waals surface area (Å²) in [6, 6.07) is 0. The van der Waals surface area contributed by atoms with Gasteiger partial charge in [-0.1, -0.05) is 0 Å². The van der Waals surface area contributed by atoms with E-state index in [2.05, 4.69) is 4.98 Å². The van der Waals surface area contributed by atoms with Gasteiger partial charge in [-0.3, -0.25) is 10.2 Å². The molecular formula is C6H9N3OS2. The highest BCUT2D eigenvalue weighted by atomic mass is 32.2. The van der Waals surface area contributed by atoms with Crippen molar-refractivity contribution in [1.82, 2.24) is 10.4 Å². The quantitative estimate of drug-likeness (QED) is 0.429. The number of hydrogen-bond acceptors (Lipinski definition) is 5. The summed E-state index contributed by atoms with van der Waals surface area (Å²) in [7, 11) is 0. The molecule has 1 rings (SSSR count). The minimum absolute atomic E-state index is 0.335. The van der Waals surface area contributed by atoms with Gasteiger partial charge in [0.2, 0.25) is 0 Å². The summed E-state index contributed by atoms with van der Waals surface area (Å²) in [5.74, 6) is 5.45. The molecule has 6 heteroatoms. The molecule has 0 radical (unpaired) electrons. The van der Waals surface area contributed by atoms with Gasteiger partial charge in [0.1, 0.15) is 10.7 Å². The van der Waals surface area contributed by atoms with E-state index in [1.165, 1.54) is 11.3 Å². The van der Waals surface area contributed by atoms with Crippen molar-refractivity contribution >= 4 is 29.0 Å². The van der Waals surface area contributed by atoms with Crippen LogP contribution in [0, 0.1) is 0 Å². The molecule has 0 aromatic carbocycles. The number of nitrogen functional groups attached to an aromatic ring is 1. The number of hydrogen-bond donors (Lipinski definition) is 2. The topological polar surface area (TPSA) is 68.0 Å². The van der Waals surface area contributed by atoms with Crippen LogP contribution in [-0.4, -0.2) is 17.1 Å². The minimum atomic E-state index is -0.335. The molecule has 0 fully saturated rings. The van der Waals surface area contributed by atoms with Crippen LogP contribution in [0.2, 0.25) is 0 Å². The maximum Gasteiger partial charge on any atom is 0.284 e. The first-order valence-electron chi connectivity index (χ1n) is 3.22. The molecule has 4 nitrogen and oxygen atoms in total. The van der Waals surface area contributed by atoms with Crippen LogP contribution < -0.4 is 11.3 Å². The van der Waals surface area contributed by atoms with Gasteiger partial charge in [-0.25, -0.2) is 10.8 Å². The lowest BCUT2D eigenvalue weighted by Gasteiger charge is -1.91. The summed E-state index contributed by atoms with van der Waals surface area (Å²) in [6.07, 6.45) is 1.99. The second kappa shape index (κ2) is 4.44. The van der Waals surface area contributed by atoms with E-state index in [1.807, 2.05) is 11.7 Å². The molecule has 3 N–H and O–H groups in total. The van der Waals surface area contributed by atoms with Crippen LogP contribution in [0.25, 0.3) is 0 Å². The van der Waals surface area contributed by atoms with Crippen LogP contribution in [0.5, 0.6) is 0 Å². The molecule has 0 aliphatic carbocycles. The molecule has 0 unspecified atom stereocenters. The highest BCUT2D eigenvalue weighted by Crippen LogP contribution is 2.14. The summed E-state index contributed by atoms with van der Waals surface area (Å²) >= 11 is 3.14. The van der Waals surface area contributed by atoms with Crippen LogP contribution in [-0.2, 0) is 5.75 Å². The van der Waals surface area contributed by atoms with Crippen LogP contribution >= 0.6 is 23.1 Å². The predicted molar refractivity (Wildman–Crippen MR) is 51.0 cm³/mol. The Balaban J connectivity index is 2.70. The van der Waals surface area contributed by atoms with Gasteiger partial charge in [0, 0.05) is 11.1 Å². The van der Waals surface area contributed by atoms with E-state index < -0.39 is 0 Å². The fourth-order valence-electron chi connectivity index (χ4n) is 0.679. The lowest BCUT2D eigenvalue weighted by molar-refractivity contribution is 0.0949. The van der Waals surface area contributed by atoms with Crippen LogP contribution in [0.3, 0.4) is 0 Å². The first kappa shape index (κ1) is 9.50. The van der Waals surface area contributed by atoms with Gasteiger partial charge < -0.3 is 0 Å². The molecule has 0 spiro atoms. The molecule has 1 heterocycles. The Hall–Kier alpha value is -0.590. The van der Waals surface area contributed by atoms with Gasteiger partial charge in [-0.15, -0.1) is 11.3 Å². The molecule has 12 heavy (non-hydrogen) atoms. The number of thioether (sulfide) groups is 1. The summed E-state index contributed by atoms with van der Waals surface area (Å²) in [5, 5.41) is 2.65. The van der Waals surface area contributed by atoms with Crippen molar-refractivity contribution in [2.24, 2.45) is 5.84 Å². The van der Waals surface area contributed by atoms with E-state index in [-0.39, 0.29) is 5.91 Å².